The first-order chi connectivity index (χ1) is 7.44. The molecular weight excluding hydrogens is 220 g/mol. The Bertz CT molecular complexity index is 371. The second kappa shape index (κ2) is 4.63. The van der Waals surface area contributed by atoms with Crippen LogP contribution in [0.5, 0.6) is 11.5 Å². The first kappa shape index (κ1) is 12.7. The van der Waals surface area contributed by atoms with Gasteiger partial charge in [-0.05, 0) is 12.1 Å². The second-order valence-corrected chi connectivity index (χ2v) is 3.29. The van der Waals surface area contributed by atoms with Crippen molar-refractivity contribution in [1.82, 2.24) is 0 Å². The fourth-order valence-corrected chi connectivity index (χ4v) is 1.33. The van der Waals surface area contributed by atoms with Crippen LogP contribution in [-0.4, -0.2) is 29.9 Å². The van der Waals surface area contributed by atoms with Crippen LogP contribution in [0.15, 0.2) is 18.2 Å². The molecule has 0 aliphatic rings. The van der Waals surface area contributed by atoms with Gasteiger partial charge in [-0.1, -0.05) is 6.07 Å². The largest absolute Gasteiger partial charge is 0.507 e. The molecule has 90 valence electrons. The summed E-state index contributed by atoms with van der Waals surface area (Å²) in [6, 6.07) is 2.25. The predicted molar refractivity (Wildman–Crippen MR) is 53.6 cm³/mol. The van der Waals surface area contributed by atoms with Crippen LogP contribution < -0.4 is 10.5 Å². The normalized spacial score (nSPS) is 13.6. The van der Waals surface area contributed by atoms with Crippen molar-refractivity contribution in [3.8, 4) is 11.5 Å². The summed E-state index contributed by atoms with van der Waals surface area (Å²) < 4.78 is 31.2. The lowest BCUT2D eigenvalue weighted by Crippen LogP contribution is -2.36. The Labute approximate surface area is 91.3 Å². The lowest BCUT2D eigenvalue weighted by Gasteiger charge is -2.23. The van der Waals surface area contributed by atoms with Gasteiger partial charge in [0.2, 0.25) is 0 Å². The van der Waals surface area contributed by atoms with Crippen LogP contribution in [0.4, 0.5) is 8.78 Å². The van der Waals surface area contributed by atoms with Crippen LogP contribution in [0, 0.1) is 0 Å². The van der Waals surface area contributed by atoms with Gasteiger partial charge in [-0.25, -0.2) is 8.78 Å². The van der Waals surface area contributed by atoms with Crippen LogP contribution >= 0.6 is 0 Å². The standard InChI is InChI=1S/C10H13F2NO3/c1-16-7-4-2-3-6(15)8(7)9(13)10(11,12)5-14/h2-4,9,14-15H,5,13H2,1H3/t9-/m1/s1. The third-order valence-corrected chi connectivity index (χ3v) is 2.24. The molecule has 4 N–H and O–H groups in total. The molecule has 0 aromatic heterocycles. The van der Waals surface area contributed by atoms with Crippen molar-refractivity contribution in [1.29, 1.82) is 0 Å². The molecule has 4 nitrogen and oxygen atoms in total. The molecular formula is C10H13F2NO3. The molecule has 0 bridgehead atoms. The Morgan fingerprint density at radius 1 is 1.50 bits per heavy atom. The maximum absolute atomic E-state index is 13.2. The lowest BCUT2D eigenvalue weighted by atomic mass is 10.00. The van der Waals surface area contributed by atoms with E-state index in [0.29, 0.717) is 0 Å². The smallest absolute Gasteiger partial charge is 0.289 e. The number of rotatable bonds is 4. The van der Waals surface area contributed by atoms with Gasteiger partial charge in [0.05, 0.1) is 12.7 Å². The number of aliphatic hydroxyl groups excluding tert-OH is 1. The molecule has 0 aliphatic carbocycles. The number of phenolic OH excluding ortho intramolecular Hbond substituents is 1. The molecule has 16 heavy (non-hydrogen) atoms. The summed E-state index contributed by atoms with van der Waals surface area (Å²) >= 11 is 0. The van der Waals surface area contributed by atoms with Gasteiger partial charge < -0.3 is 20.7 Å². The third kappa shape index (κ3) is 2.23. The number of alkyl halides is 2. The average Bonchev–Trinajstić information content (AvgIpc) is 2.27. The van der Waals surface area contributed by atoms with Crippen molar-refractivity contribution in [3.63, 3.8) is 0 Å². The van der Waals surface area contributed by atoms with Crippen molar-refractivity contribution in [3.05, 3.63) is 23.8 Å². The summed E-state index contributed by atoms with van der Waals surface area (Å²) in [7, 11) is 1.28. The highest BCUT2D eigenvalue weighted by Gasteiger charge is 2.40. The number of aliphatic hydroxyl groups is 1. The van der Waals surface area contributed by atoms with Gasteiger partial charge in [0.25, 0.3) is 5.92 Å². The number of halogens is 2. The molecule has 0 fully saturated rings. The summed E-state index contributed by atoms with van der Waals surface area (Å²) in [5.74, 6) is -3.85. The van der Waals surface area contributed by atoms with E-state index >= 15 is 0 Å². The number of hydrogen-bond acceptors (Lipinski definition) is 4. The fraction of sp³-hybridized carbons (Fsp3) is 0.400. The van der Waals surface area contributed by atoms with E-state index < -0.39 is 18.6 Å². The summed E-state index contributed by atoms with van der Waals surface area (Å²) in [5, 5.41) is 18.0. The molecule has 0 spiro atoms. The Hall–Kier alpha value is -1.40. The summed E-state index contributed by atoms with van der Waals surface area (Å²) in [6.45, 7) is -1.40. The summed E-state index contributed by atoms with van der Waals surface area (Å²) in [5.41, 5.74) is 5.09. The monoisotopic (exact) mass is 233 g/mol. The number of aromatic hydroxyl groups is 1. The molecule has 0 saturated heterocycles. The lowest BCUT2D eigenvalue weighted by molar-refractivity contribution is -0.0719. The maximum Gasteiger partial charge on any atom is 0.289 e. The molecule has 0 saturated carbocycles. The van der Waals surface area contributed by atoms with Crippen molar-refractivity contribution < 1.29 is 23.7 Å². The number of hydrogen-bond donors (Lipinski definition) is 3. The van der Waals surface area contributed by atoms with E-state index in [2.05, 4.69) is 0 Å². The highest BCUT2D eigenvalue weighted by molar-refractivity contribution is 5.46. The van der Waals surface area contributed by atoms with Gasteiger partial charge in [0, 0.05) is 0 Å². The molecule has 1 rings (SSSR count). The first-order valence-electron chi connectivity index (χ1n) is 4.54. The van der Waals surface area contributed by atoms with E-state index in [9.17, 15) is 13.9 Å². The van der Waals surface area contributed by atoms with Crippen molar-refractivity contribution in [2.45, 2.75) is 12.0 Å². The average molecular weight is 233 g/mol. The van der Waals surface area contributed by atoms with Crippen LogP contribution in [0.3, 0.4) is 0 Å². The van der Waals surface area contributed by atoms with Gasteiger partial charge in [-0.3, -0.25) is 0 Å². The zero-order valence-electron chi connectivity index (χ0n) is 8.65. The predicted octanol–water partition coefficient (Wildman–Crippen LogP) is 1.03. The van der Waals surface area contributed by atoms with Crippen LogP contribution in [-0.2, 0) is 0 Å². The number of methoxy groups -OCH3 is 1. The van der Waals surface area contributed by atoms with E-state index in [4.69, 9.17) is 15.6 Å². The van der Waals surface area contributed by atoms with Crippen LogP contribution in [0.25, 0.3) is 0 Å². The minimum absolute atomic E-state index is 0.0561. The van der Waals surface area contributed by atoms with Gasteiger partial charge in [0.15, 0.2) is 0 Å². The van der Waals surface area contributed by atoms with Gasteiger partial charge in [-0.2, -0.15) is 0 Å². The molecule has 1 aromatic rings. The zero-order valence-corrected chi connectivity index (χ0v) is 8.65. The highest BCUT2D eigenvalue weighted by atomic mass is 19.3. The molecule has 1 atom stereocenters. The molecule has 0 unspecified atom stereocenters. The van der Waals surface area contributed by atoms with E-state index in [0.717, 1.165) is 0 Å². The zero-order chi connectivity index (χ0) is 12.3. The second-order valence-electron chi connectivity index (χ2n) is 3.29. The van der Waals surface area contributed by atoms with Crippen LogP contribution in [0.2, 0.25) is 0 Å². The first-order valence-corrected chi connectivity index (χ1v) is 4.54. The van der Waals surface area contributed by atoms with E-state index in [1.54, 1.807) is 0 Å². The molecule has 0 amide bonds. The minimum Gasteiger partial charge on any atom is -0.507 e. The number of nitrogens with two attached hydrogens (primary N) is 1. The molecule has 0 heterocycles. The van der Waals surface area contributed by atoms with E-state index in [1.165, 1.54) is 25.3 Å². The van der Waals surface area contributed by atoms with Crippen LogP contribution in [0.1, 0.15) is 11.6 Å². The van der Waals surface area contributed by atoms with Crippen molar-refractivity contribution in [2.24, 2.45) is 5.73 Å². The minimum atomic E-state index is -3.52. The molecule has 1 aromatic carbocycles. The Morgan fingerprint density at radius 2 is 2.12 bits per heavy atom. The van der Waals surface area contributed by atoms with Gasteiger partial charge >= 0.3 is 0 Å². The Morgan fingerprint density at radius 3 is 2.62 bits per heavy atom. The summed E-state index contributed by atoms with van der Waals surface area (Å²) in [4.78, 5) is 0. The van der Waals surface area contributed by atoms with Gasteiger partial charge in [-0.15, -0.1) is 0 Å². The quantitative estimate of drug-likeness (QED) is 0.726. The van der Waals surface area contributed by atoms with Crippen molar-refractivity contribution >= 4 is 0 Å². The number of phenols is 1. The van der Waals surface area contributed by atoms with E-state index in [1.807, 2.05) is 0 Å². The topological polar surface area (TPSA) is 75.7 Å². The summed E-state index contributed by atoms with van der Waals surface area (Å²) in [6.07, 6.45) is 0. The molecule has 0 aliphatic heterocycles. The Balaban J connectivity index is 3.21. The highest BCUT2D eigenvalue weighted by Crippen LogP contribution is 2.39. The molecule has 6 heteroatoms. The number of benzene rings is 1. The Kier molecular flexibility index (Phi) is 3.66. The van der Waals surface area contributed by atoms with E-state index in [-0.39, 0.29) is 17.1 Å². The molecule has 0 radical (unpaired) electrons. The maximum atomic E-state index is 13.2. The van der Waals surface area contributed by atoms with Crippen molar-refractivity contribution in [2.75, 3.05) is 13.7 Å². The fourth-order valence-electron chi connectivity index (χ4n) is 1.33. The number of ether oxygens (including phenoxy) is 1. The SMILES string of the molecule is COc1cccc(O)c1[C@@H](N)C(F)(F)CO. The third-order valence-electron chi connectivity index (χ3n) is 2.24. The van der Waals surface area contributed by atoms with Gasteiger partial charge in [0.1, 0.15) is 24.1 Å².